The Hall–Kier alpha value is -3.03. The molecule has 1 aliphatic rings. The zero-order valence-electron chi connectivity index (χ0n) is 18.5. The smallest absolute Gasteiger partial charge is 0.283 e. The summed E-state index contributed by atoms with van der Waals surface area (Å²) >= 11 is 0. The van der Waals surface area contributed by atoms with Gasteiger partial charge in [0.2, 0.25) is 11.5 Å². The second-order valence-corrected chi connectivity index (χ2v) is 8.29. The molecule has 0 spiro atoms. The van der Waals surface area contributed by atoms with Gasteiger partial charge in [-0.1, -0.05) is 54.6 Å². The molecule has 7 nitrogen and oxygen atoms in total. The van der Waals surface area contributed by atoms with E-state index in [1.807, 2.05) is 61.5 Å². The Balaban J connectivity index is 1.62. The van der Waals surface area contributed by atoms with Gasteiger partial charge in [0, 0.05) is 25.9 Å². The molecule has 1 aliphatic heterocycles. The third-order valence-corrected chi connectivity index (χ3v) is 6.11. The fourth-order valence-electron chi connectivity index (χ4n) is 3.96. The van der Waals surface area contributed by atoms with Gasteiger partial charge in [0.25, 0.3) is 5.91 Å². The van der Waals surface area contributed by atoms with Crippen LogP contribution in [0.1, 0.15) is 38.7 Å². The molecule has 0 saturated carbocycles. The van der Waals surface area contributed by atoms with Crippen LogP contribution in [0, 0.1) is 5.92 Å². The molecule has 2 amide bonds. The number of nitrogens with one attached hydrogen (secondary N) is 1. The Morgan fingerprint density at radius 1 is 1.12 bits per heavy atom. The predicted octanol–water partition coefficient (Wildman–Crippen LogP) is 3.35. The lowest BCUT2D eigenvalue weighted by molar-refractivity contribution is -0.165. The summed E-state index contributed by atoms with van der Waals surface area (Å²) in [4.78, 5) is 38.9. The first-order valence-electron chi connectivity index (χ1n) is 10.9. The Kier molecular flexibility index (Phi) is 7.77. The molecule has 0 bridgehead atoms. The predicted molar refractivity (Wildman–Crippen MR) is 120 cm³/mol. The number of rotatable bonds is 10. The highest BCUT2D eigenvalue weighted by Gasteiger charge is 2.42. The number of benzene rings is 2. The summed E-state index contributed by atoms with van der Waals surface area (Å²) in [6.45, 7) is 4.61. The Labute approximate surface area is 188 Å². The van der Waals surface area contributed by atoms with Crippen LogP contribution in [0.5, 0.6) is 0 Å². The largest absolute Gasteiger partial charge is 0.353 e. The number of carbonyl (C=O) groups is 3. The Morgan fingerprint density at radius 3 is 2.38 bits per heavy atom. The van der Waals surface area contributed by atoms with Crippen molar-refractivity contribution in [1.82, 2.24) is 10.4 Å². The lowest BCUT2D eigenvalue weighted by Crippen LogP contribution is -2.51. The fraction of sp³-hybridized carbons (Fsp3) is 0.400. The highest BCUT2D eigenvalue weighted by molar-refractivity contribution is 6.08. The van der Waals surface area contributed by atoms with E-state index < -0.39 is 17.3 Å². The van der Waals surface area contributed by atoms with Gasteiger partial charge in [0.15, 0.2) is 5.78 Å². The summed E-state index contributed by atoms with van der Waals surface area (Å²) in [7, 11) is 0. The van der Waals surface area contributed by atoms with E-state index in [-0.39, 0.29) is 24.9 Å². The second kappa shape index (κ2) is 10.5. The Morgan fingerprint density at radius 2 is 1.78 bits per heavy atom. The molecule has 2 aromatic carbocycles. The van der Waals surface area contributed by atoms with Crippen LogP contribution >= 0.6 is 0 Å². The molecule has 3 rings (SSSR count). The van der Waals surface area contributed by atoms with E-state index in [2.05, 4.69) is 0 Å². The van der Waals surface area contributed by atoms with Crippen molar-refractivity contribution in [3.05, 3.63) is 60.2 Å². The van der Waals surface area contributed by atoms with Gasteiger partial charge >= 0.3 is 0 Å². The van der Waals surface area contributed by atoms with Crippen LogP contribution in [0.4, 0.5) is 0 Å². The highest BCUT2D eigenvalue weighted by Crippen LogP contribution is 2.26. The number of hydrogen-bond donors (Lipinski definition) is 2. The maximum atomic E-state index is 12.9. The first-order valence-corrected chi connectivity index (χ1v) is 10.9. The van der Waals surface area contributed by atoms with E-state index in [9.17, 15) is 19.6 Å². The normalized spacial score (nSPS) is 17.8. The van der Waals surface area contributed by atoms with Crippen LogP contribution in [-0.2, 0) is 25.7 Å². The van der Waals surface area contributed by atoms with Crippen LogP contribution in [0.15, 0.2) is 54.6 Å². The van der Waals surface area contributed by atoms with Crippen molar-refractivity contribution in [3.63, 3.8) is 0 Å². The van der Waals surface area contributed by atoms with Crippen LogP contribution in [0.25, 0.3) is 11.1 Å². The van der Waals surface area contributed by atoms with Crippen LogP contribution in [0.3, 0.4) is 0 Å². The van der Waals surface area contributed by atoms with Crippen molar-refractivity contribution < 1.29 is 24.3 Å². The quantitative estimate of drug-likeness (QED) is 0.337. The van der Waals surface area contributed by atoms with Gasteiger partial charge in [-0.05, 0) is 42.9 Å². The summed E-state index contributed by atoms with van der Waals surface area (Å²) < 4.78 is 5.76. The number of ether oxygens (including phenoxy) is 1. The first kappa shape index (κ1) is 23.6. The molecule has 170 valence electrons. The van der Waals surface area contributed by atoms with Gasteiger partial charge in [0.05, 0.1) is 6.61 Å². The van der Waals surface area contributed by atoms with Crippen LogP contribution < -0.4 is 5.48 Å². The third kappa shape index (κ3) is 5.41. The van der Waals surface area contributed by atoms with Gasteiger partial charge in [-0.3, -0.25) is 19.6 Å². The van der Waals surface area contributed by atoms with Crippen LogP contribution in [-0.4, -0.2) is 46.4 Å². The molecular weight excluding hydrogens is 408 g/mol. The average Bonchev–Trinajstić information content (AvgIpc) is 3.20. The molecule has 1 saturated heterocycles. The molecule has 0 radical (unpaired) electrons. The minimum atomic E-state index is -1.82. The summed E-state index contributed by atoms with van der Waals surface area (Å²) in [5.41, 5.74) is 2.68. The van der Waals surface area contributed by atoms with Crippen LogP contribution in [0.2, 0.25) is 0 Å². The van der Waals surface area contributed by atoms with E-state index in [4.69, 9.17) is 4.74 Å². The van der Waals surface area contributed by atoms with Crippen molar-refractivity contribution in [1.29, 1.82) is 0 Å². The van der Waals surface area contributed by atoms with Gasteiger partial charge < -0.3 is 9.64 Å². The number of nitrogens with zero attached hydrogens (tertiary/aromatic N) is 1. The van der Waals surface area contributed by atoms with Crippen molar-refractivity contribution in [3.8, 4) is 11.1 Å². The van der Waals surface area contributed by atoms with Gasteiger partial charge in [-0.2, -0.15) is 0 Å². The summed E-state index contributed by atoms with van der Waals surface area (Å²) in [6, 6.07) is 17.6. The number of likely N-dealkylation sites (tertiary alicyclic amines) is 1. The molecule has 1 fully saturated rings. The summed E-state index contributed by atoms with van der Waals surface area (Å²) in [5, 5.41) is 9.18. The molecule has 2 unspecified atom stereocenters. The maximum Gasteiger partial charge on any atom is 0.283 e. The van der Waals surface area contributed by atoms with Crippen molar-refractivity contribution in [2.24, 2.45) is 5.92 Å². The van der Waals surface area contributed by atoms with E-state index in [0.29, 0.717) is 25.9 Å². The lowest BCUT2D eigenvalue weighted by Gasteiger charge is -2.26. The molecular formula is C25H30N2O5. The van der Waals surface area contributed by atoms with Gasteiger partial charge in [-0.15, -0.1) is 0 Å². The third-order valence-electron chi connectivity index (χ3n) is 6.11. The number of hydrogen-bond acceptors (Lipinski definition) is 5. The molecule has 2 aromatic rings. The van der Waals surface area contributed by atoms with E-state index >= 15 is 0 Å². The number of Topliss-reactive ketones (excluding diaryl/α,β-unsaturated/α-hetero) is 1. The zero-order chi connectivity index (χ0) is 23.1. The summed E-state index contributed by atoms with van der Waals surface area (Å²) in [6.07, 6.45) is 0.996. The average molecular weight is 439 g/mol. The first-order chi connectivity index (χ1) is 15.4. The van der Waals surface area contributed by atoms with E-state index in [0.717, 1.165) is 16.7 Å². The van der Waals surface area contributed by atoms with Crippen molar-refractivity contribution in [2.45, 2.75) is 45.3 Å². The molecule has 1 heterocycles. The van der Waals surface area contributed by atoms with Crippen molar-refractivity contribution in [2.75, 3.05) is 13.1 Å². The number of ketones is 1. The van der Waals surface area contributed by atoms with E-state index in [1.165, 1.54) is 6.92 Å². The van der Waals surface area contributed by atoms with Crippen molar-refractivity contribution >= 4 is 17.6 Å². The molecule has 7 heteroatoms. The minimum absolute atomic E-state index is 0.0380. The SMILES string of the molecule is CCN1CC(CCC(=O)C(C)(OCc2ccc(-c3ccccc3)cc2)C(=O)NO)CC1=O. The van der Waals surface area contributed by atoms with Gasteiger partial charge in [-0.25, -0.2) is 5.48 Å². The summed E-state index contributed by atoms with van der Waals surface area (Å²) in [5.74, 6) is -1.15. The van der Waals surface area contributed by atoms with E-state index in [1.54, 1.807) is 10.4 Å². The monoisotopic (exact) mass is 438 g/mol. The maximum absolute atomic E-state index is 12.9. The number of amides is 2. The Bertz CT molecular complexity index is 945. The number of hydroxylamine groups is 1. The lowest BCUT2D eigenvalue weighted by atomic mass is 9.92. The van der Waals surface area contributed by atoms with Gasteiger partial charge in [0.1, 0.15) is 0 Å². The number of carbonyl (C=O) groups excluding carboxylic acids is 3. The zero-order valence-corrected chi connectivity index (χ0v) is 18.5. The molecule has 0 aliphatic carbocycles. The molecule has 2 N–H and O–H groups in total. The highest BCUT2D eigenvalue weighted by atomic mass is 16.5. The second-order valence-electron chi connectivity index (χ2n) is 8.29. The molecule has 2 atom stereocenters. The molecule has 32 heavy (non-hydrogen) atoms. The topological polar surface area (TPSA) is 95.9 Å². The molecule has 0 aromatic heterocycles. The fourth-order valence-corrected chi connectivity index (χ4v) is 3.96. The minimum Gasteiger partial charge on any atom is -0.353 e. The standard InChI is InChI=1S/C25H30N2O5/c1-3-27-16-19(15-23(27)29)11-14-22(28)25(2,24(30)26-31)32-17-18-9-12-21(13-10-18)20-7-5-4-6-8-20/h4-10,12-13,19,31H,3,11,14-17H2,1-2H3,(H,26,30).